The second-order valence-electron chi connectivity index (χ2n) is 8.06. The molecule has 1 N–H and O–H groups in total. The van der Waals surface area contributed by atoms with Crippen molar-refractivity contribution in [3.8, 4) is 0 Å². The maximum atomic E-state index is 3.93. The van der Waals surface area contributed by atoms with Crippen molar-refractivity contribution in [1.82, 2.24) is 10.2 Å². The highest BCUT2D eigenvalue weighted by molar-refractivity contribution is 5.00. The average molecular weight is 295 g/mol. The number of nitrogens with one attached hydrogen (secondary N) is 1. The first kappa shape index (κ1) is 17.3. The van der Waals surface area contributed by atoms with Gasteiger partial charge in [-0.05, 0) is 57.0 Å². The van der Waals surface area contributed by atoms with E-state index in [1.165, 1.54) is 70.9 Å². The van der Waals surface area contributed by atoms with E-state index >= 15 is 0 Å². The van der Waals surface area contributed by atoms with Crippen molar-refractivity contribution in [1.29, 1.82) is 0 Å². The molecule has 124 valence electrons. The summed E-state index contributed by atoms with van der Waals surface area (Å²) in [6.07, 6.45) is 12.5. The highest BCUT2D eigenvalue weighted by Gasteiger charge is 2.42. The van der Waals surface area contributed by atoms with Gasteiger partial charge in [0.25, 0.3) is 0 Å². The largest absolute Gasteiger partial charge is 0.312 e. The van der Waals surface area contributed by atoms with Gasteiger partial charge in [0.1, 0.15) is 0 Å². The van der Waals surface area contributed by atoms with Crippen LogP contribution in [0, 0.1) is 5.41 Å². The molecule has 2 heteroatoms. The van der Waals surface area contributed by atoms with Gasteiger partial charge in [0.2, 0.25) is 0 Å². The third-order valence-corrected chi connectivity index (χ3v) is 5.88. The van der Waals surface area contributed by atoms with Crippen molar-refractivity contribution < 1.29 is 0 Å². The second kappa shape index (κ2) is 7.97. The Morgan fingerprint density at radius 3 is 2.57 bits per heavy atom. The first-order valence-corrected chi connectivity index (χ1v) is 9.59. The molecule has 1 aliphatic heterocycles. The molecule has 0 aromatic heterocycles. The third kappa shape index (κ3) is 4.22. The van der Waals surface area contributed by atoms with E-state index in [4.69, 9.17) is 0 Å². The molecule has 0 spiro atoms. The molecule has 0 amide bonds. The molecule has 1 saturated carbocycles. The van der Waals surface area contributed by atoms with Crippen LogP contribution in [-0.4, -0.2) is 36.1 Å². The molecule has 1 saturated heterocycles. The Bertz CT molecular complexity index is 298. The summed E-state index contributed by atoms with van der Waals surface area (Å²) in [4.78, 5) is 2.92. The van der Waals surface area contributed by atoms with Gasteiger partial charge in [0.05, 0.1) is 0 Å². The van der Waals surface area contributed by atoms with Crippen LogP contribution < -0.4 is 5.32 Å². The zero-order valence-corrected chi connectivity index (χ0v) is 15.0. The van der Waals surface area contributed by atoms with Crippen LogP contribution in [0.25, 0.3) is 0 Å². The van der Waals surface area contributed by atoms with Crippen LogP contribution in [0.5, 0.6) is 0 Å². The number of hydrogen-bond donors (Lipinski definition) is 1. The van der Waals surface area contributed by atoms with E-state index < -0.39 is 0 Å². The summed E-state index contributed by atoms with van der Waals surface area (Å²) >= 11 is 0. The summed E-state index contributed by atoms with van der Waals surface area (Å²) in [7, 11) is 0. The van der Waals surface area contributed by atoms with Crippen molar-refractivity contribution in [3.63, 3.8) is 0 Å². The number of likely N-dealkylation sites (tertiary alicyclic amines) is 1. The maximum Gasteiger partial charge on any atom is 0.0274 e. The van der Waals surface area contributed by atoms with Gasteiger partial charge >= 0.3 is 0 Å². The average Bonchev–Trinajstić information content (AvgIpc) is 2.46. The van der Waals surface area contributed by atoms with Crippen LogP contribution in [0.2, 0.25) is 0 Å². The summed E-state index contributed by atoms with van der Waals surface area (Å²) in [5, 5.41) is 3.93. The van der Waals surface area contributed by atoms with Gasteiger partial charge in [-0.15, -0.1) is 0 Å². The fraction of sp³-hybridized carbons (Fsp3) is 1.00. The van der Waals surface area contributed by atoms with Gasteiger partial charge in [-0.25, -0.2) is 0 Å². The molecule has 0 bridgehead atoms. The number of rotatable bonds is 6. The summed E-state index contributed by atoms with van der Waals surface area (Å²) in [6.45, 7) is 12.1. The number of nitrogens with zero attached hydrogens (tertiary/aromatic N) is 1. The predicted molar refractivity (Wildman–Crippen MR) is 92.8 cm³/mol. The van der Waals surface area contributed by atoms with E-state index in [0.29, 0.717) is 11.5 Å². The molecule has 0 aromatic carbocycles. The first-order chi connectivity index (χ1) is 10.1. The van der Waals surface area contributed by atoms with Crippen LogP contribution in [0.15, 0.2) is 0 Å². The van der Waals surface area contributed by atoms with E-state index in [-0.39, 0.29) is 0 Å². The fourth-order valence-electron chi connectivity index (χ4n) is 4.78. The summed E-state index contributed by atoms with van der Waals surface area (Å²) in [5.74, 6) is 0. The molecule has 3 unspecified atom stereocenters. The summed E-state index contributed by atoms with van der Waals surface area (Å²) in [6, 6.07) is 2.31. The van der Waals surface area contributed by atoms with E-state index in [1.54, 1.807) is 0 Å². The van der Waals surface area contributed by atoms with Crippen LogP contribution in [-0.2, 0) is 0 Å². The van der Waals surface area contributed by atoms with E-state index in [9.17, 15) is 0 Å². The Morgan fingerprint density at radius 1 is 1.05 bits per heavy atom. The summed E-state index contributed by atoms with van der Waals surface area (Å²) in [5.41, 5.74) is 0.451. The van der Waals surface area contributed by atoms with Gasteiger partial charge < -0.3 is 5.32 Å². The van der Waals surface area contributed by atoms with Crippen LogP contribution in [0.4, 0.5) is 0 Å². The van der Waals surface area contributed by atoms with Gasteiger partial charge in [-0.2, -0.15) is 0 Å². The van der Waals surface area contributed by atoms with Crippen molar-refractivity contribution in [2.24, 2.45) is 5.41 Å². The minimum atomic E-state index is 0.451. The Kier molecular flexibility index (Phi) is 6.55. The smallest absolute Gasteiger partial charge is 0.0274 e. The van der Waals surface area contributed by atoms with E-state index in [2.05, 4.69) is 37.9 Å². The Hall–Kier alpha value is -0.0800. The molecule has 0 radical (unpaired) electrons. The minimum Gasteiger partial charge on any atom is -0.312 e. The van der Waals surface area contributed by atoms with Crippen LogP contribution in [0.3, 0.4) is 0 Å². The zero-order valence-electron chi connectivity index (χ0n) is 15.0. The first-order valence-electron chi connectivity index (χ1n) is 9.59. The molecular weight excluding hydrogens is 256 g/mol. The fourth-order valence-corrected chi connectivity index (χ4v) is 4.78. The minimum absolute atomic E-state index is 0.451. The van der Waals surface area contributed by atoms with E-state index in [1.807, 2.05) is 0 Å². The monoisotopic (exact) mass is 294 g/mol. The topological polar surface area (TPSA) is 15.3 Å². The quantitative estimate of drug-likeness (QED) is 0.771. The lowest BCUT2D eigenvalue weighted by atomic mass is 9.69. The molecule has 2 fully saturated rings. The number of hydrogen-bond acceptors (Lipinski definition) is 2. The van der Waals surface area contributed by atoms with Crippen molar-refractivity contribution in [2.75, 3.05) is 13.1 Å². The van der Waals surface area contributed by atoms with Gasteiger partial charge in [0, 0.05) is 18.1 Å². The van der Waals surface area contributed by atoms with E-state index in [0.717, 1.165) is 12.1 Å². The molecule has 2 rings (SSSR count). The zero-order chi connectivity index (χ0) is 15.3. The Morgan fingerprint density at radius 2 is 1.86 bits per heavy atom. The SMILES string of the molecule is CCCNC1C(N2CCCCC2CCC)CCCC1(C)C. The molecule has 1 aliphatic carbocycles. The van der Waals surface area contributed by atoms with Crippen LogP contribution >= 0.6 is 0 Å². The molecule has 2 nitrogen and oxygen atoms in total. The second-order valence-corrected chi connectivity index (χ2v) is 8.06. The van der Waals surface area contributed by atoms with Crippen molar-refractivity contribution in [3.05, 3.63) is 0 Å². The lowest BCUT2D eigenvalue weighted by molar-refractivity contribution is 0.00443. The van der Waals surface area contributed by atoms with Crippen LogP contribution in [0.1, 0.15) is 85.5 Å². The van der Waals surface area contributed by atoms with Gasteiger partial charge in [0.15, 0.2) is 0 Å². The Labute approximate surface area is 133 Å². The summed E-state index contributed by atoms with van der Waals surface area (Å²) < 4.78 is 0. The predicted octanol–water partition coefficient (Wildman–Crippen LogP) is 4.59. The number of piperidine rings is 1. The Balaban J connectivity index is 2.12. The molecule has 3 atom stereocenters. The highest BCUT2D eigenvalue weighted by atomic mass is 15.2. The molecule has 0 aromatic rings. The molecule has 1 heterocycles. The lowest BCUT2D eigenvalue weighted by Crippen LogP contribution is -2.61. The highest BCUT2D eigenvalue weighted by Crippen LogP contribution is 2.40. The van der Waals surface area contributed by atoms with Crippen molar-refractivity contribution in [2.45, 2.75) is 104 Å². The maximum absolute atomic E-state index is 3.93. The standard InChI is InChI=1S/C19H38N2/c1-5-10-16-11-7-8-15-21(16)17-12-9-13-19(3,4)18(17)20-14-6-2/h16-18,20H,5-15H2,1-4H3. The van der Waals surface area contributed by atoms with Gasteiger partial charge in [-0.1, -0.05) is 47.0 Å². The lowest BCUT2D eigenvalue weighted by Gasteiger charge is -2.52. The van der Waals surface area contributed by atoms with Crippen molar-refractivity contribution >= 4 is 0 Å². The van der Waals surface area contributed by atoms with Gasteiger partial charge in [-0.3, -0.25) is 4.90 Å². The third-order valence-electron chi connectivity index (χ3n) is 5.88. The normalized spacial score (nSPS) is 34.0. The molecule has 2 aliphatic rings. The molecular formula is C19H38N2. The molecule has 21 heavy (non-hydrogen) atoms.